The fourth-order valence-corrected chi connectivity index (χ4v) is 3.51. The van der Waals surface area contributed by atoms with E-state index in [1.807, 2.05) is 0 Å². The summed E-state index contributed by atoms with van der Waals surface area (Å²) in [5, 5.41) is 0. The van der Waals surface area contributed by atoms with Crippen molar-refractivity contribution in [3.8, 4) is 16.9 Å². The van der Waals surface area contributed by atoms with Gasteiger partial charge in [0, 0.05) is 5.56 Å². The first-order chi connectivity index (χ1) is 12.1. The lowest BCUT2D eigenvalue weighted by atomic mass is 9.81. The summed E-state index contributed by atoms with van der Waals surface area (Å²) in [6, 6.07) is 8.25. The topological polar surface area (TPSA) is 9.23 Å². The molecule has 1 saturated carbocycles. The Morgan fingerprint density at radius 2 is 1.48 bits per heavy atom. The van der Waals surface area contributed by atoms with E-state index in [4.69, 9.17) is 4.74 Å². The second kappa shape index (κ2) is 7.94. The molecule has 1 aliphatic carbocycles. The Morgan fingerprint density at radius 1 is 0.840 bits per heavy atom. The lowest BCUT2D eigenvalue weighted by Crippen LogP contribution is -2.20. The van der Waals surface area contributed by atoms with Crippen molar-refractivity contribution in [2.24, 2.45) is 11.8 Å². The van der Waals surface area contributed by atoms with Crippen LogP contribution in [0.1, 0.15) is 39.0 Å². The Balaban J connectivity index is 1.67. The van der Waals surface area contributed by atoms with Crippen LogP contribution in [0.4, 0.5) is 13.2 Å². The third-order valence-electron chi connectivity index (χ3n) is 5.22. The fourth-order valence-electron chi connectivity index (χ4n) is 3.51. The Kier molecular flexibility index (Phi) is 5.67. The van der Waals surface area contributed by atoms with Crippen molar-refractivity contribution in [1.29, 1.82) is 0 Å². The third-order valence-corrected chi connectivity index (χ3v) is 5.22. The molecule has 1 fully saturated rings. The standard InChI is InChI=1S/C21H23F3O/c1-2-14-3-5-15(6-4-14)13-25-19-12-11-18(20(23)21(19)24)16-7-9-17(22)10-8-16/h7-12,14-15H,2-6,13H2,1H3/t14-,15-. The molecule has 0 spiro atoms. The average molecular weight is 348 g/mol. The highest BCUT2D eigenvalue weighted by Crippen LogP contribution is 2.33. The van der Waals surface area contributed by atoms with Gasteiger partial charge >= 0.3 is 0 Å². The van der Waals surface area contributed by atoms with Gasteiger partial charge in [0.15, 0.2) is 11.6 Å². The zero-order valence-corrected chi connectivity index (χ0v) is 14.4. The van der Waals surface area contributed by atoms with Crippen molar-refractivity contribution in [3.05, 3.63) is 53.8 Å². The molecule has 134 valence electrons. The maximum Gasteiger partial charge on any atom is 0.201 e. The van der Waals surface area contributed by atoms with Gasteiger partial charge in [-0.3, -0.25) is 0 Å². The van der Waals surface area contributed by atoms with Crippen LogP contribution in [0.25, 0.3) is 11.1 Å². The Hall–Kier alpha value is -1.97. The normalized spacial score (nSPS) is 20.5. The van der Waals surface area contributed by atoms with E-state index in [1.165, 1.54) is 55.7 Å². The van der Waals surface area contributed by atoms with Crippen LogP contribution in [-0.4, -0.2) is 6.61 Å². The summed E-state index contributed by atoms with van der Waals surface area (Å²) < 4.78 is 47.2. The molecule has 4 heteroatoms. The van der Waals surface area contributed by atoms with Gasteiger partial charge in [-0.25, -0.2) is 8.78 Å². The van der Waals surface area contributed by atoms with Crippen molar-refractivity contribution < 1.29 is 17.9 Å². The Morgan fingerprint density at radius 3 is 2.12 bits per heavy atom. The van der Waals surface area contributed by atoms with Gasteiger partial charge in [0.25, 0.3) is 0 Å². The molecule has 0 unspecified atom stereocenters. The minimum atomic E-state index is -0.982. The maximum atomic E-state index is 14.4. The van der Waals surface area contributed by atoms with Crippen molar-refractivity contribution in [1.82, 2.24) is 0 Å². The quantitative estimate of drug-likeness (QED) is 0.610. The number of hydrogen-bond donors (Lipinski definition) is 0. The molecular formula is C21H23F3O. The van der Waals surface area contributed by atoms with Gasteiger partial charge in [0.05, 0.1) is 6.61 Å². The maximum absolute atomic E-state index is 14.4. The first-order valence-corrected chi connectivity index (χ1v) is 8.95. The zero-order chi connectivity index (χ0) is 17.8. The predicted octanol–water partition coefficient (Wildman–Crippen LogP) is 6.37. The van der Waals surface area contributed by atoms with Crippen LogP contribution in [0.3, 0.4) is 0 Å². The fraction of sp³-hybridized carbons (Fsp3) is 0.429. The van der Waals surface area contributed by atoms with Gasteiger partial charge in [-0.15, -0.1) is 0 Å². The van der Waals surface area contributed by atoms with Crippen molar-refractivity contribution >= 4 is 0 Å². The van der Waals surface area contributed by atoms with E-state index in [2.05, 4.69) is 6.92 Å². The van der Waals surface area contributed by atoms with E-state index in [0.717, 1.165) is 18.8 Å². The van der Waals surface area contributed by atoms with E-state index >= 15 is 0 Å². The first kappa shape index (κ1) is 17.8. The Bertz CT molecular complexity index is 704. The van der Waals surface area contributed by atoms with Crippen LogP contribution in [0.5, 0.6) is 5.75 Å². The van der Waals surface area contributed by atoms with Gasteiger partial charge in [0.2, 0.25) is 5.82 Å². The second-order valence-corrected chi connectivity index (χ2v) is 6.85. The van der Waals surface area contributed by atoms with E-state index in [9.17, 15) is 13.2 Å². The molecule has 0 atom stereocenters. The number of ether oxygens (including phenoxy) is 1. The number of halogens is 3. The number of hydrogen-bond acceptors (Lipinski definition) is 1. The molecule has 0 bridgehead atoms. The molecule has 0 aliphatic heterocycles. The molecule has 0 saturated heterocycles. The summed E-state index contributed by atoms with van der Waals surface area (Å²) in [7, 11) is 0. The summed E-state index contributed by atoms with van der Waals surface area (Å²) in [6.07, 6.45) is 5.74. The molecule has 3 rings (SSSR count). The molecule has 0 radical (unpaired) electrons. The molecular weight excluding hydrogens is 325 g/mol. The highest BCUT2D eigenvalue weighted by molar-refractivity contribution is 5.65. The zero-order valence-electron chi connectivity index (χ0n) is 14.4. The van der Waals surface area contributed by atoms with Gasteiger partial charge < -0.3 is 4.74 Å². The van der Waals surface area contributed by atoms with Gasteiger partial charge in [0.1, 0.15) is 5.82 Å². The molecule has 25 heavy (non-hydrogen) atoms. The molecule has 0 N–H and O–H groups in total. The molecule has 2 aromatic rings. The molecule has 0 aromatic heterocycles. The summed E-state index contributed by atoms with van der Waals surface area (Å²) in [4.78, 5) is 0. The lowest BCUT2D eigenvalue weighted by molar-refractivity contribution is 0.175. The molecule has 1 aliphatic rings. The monoisotopic (exact) mass is 348 g/mol. The minimum absolute atomic E-state index is 0.0547. The SMILES string of the molecule is CC[C@H]1CC[C@H](COc2ccc(-c3ccc(F)cc3)c(F)c2F)CC1. The first-order valence-electron chi connectivity index (χ1n) is 8.95. The molecule has 0 heterocycles. The summed E-state index contributed by atoms with van der Waals surface area (Å²) in [6.45, 7) is 2.63. The number of benzene rings is 2. The van der Waals surface area contributed by atoms with Gasteiger partial charge in [-0.05, 0) is 54.5 Å². The summed E-state index contributed by atoms with van der Waals surface area (Å²) in [5.74, 6) is -1.21. The lowest BCUT2D eigenvalue weighted by Gasteiger charge is -2.27. The van der Waals surface area contributed by atoms with Crippen LogP contribution >= 0.6 is 0 Å². The highest BCUT2D eigenvalue weighted by Gasteiger charge is 2.22. The van der Waals surface area contributed by atoms with Crippen LogP contribution in [-0.2, 0) is 0 Å². The van der Waals surface area contributed by atoms with Crippen LogP contribution in [0, 0.1) is 29.3 Å². The van der Waals surface area contributed by atoms with E-state index in [0.29, 0.717) is 18.1 Å². The summed E-state index contributed by atoms with van der Waals surface area (Å²) >= 11 is 0. The van der Waals surface area contributed by atoms with Gasteiger partial charge in [-0.2, -0.15) is 4.39 Å². The Labute approximate surface area is 146 Å². The van der Waals surface area contributed by atoms with Crippen LogP contribution in [0.15, 0.2) is 36.4 Å². The largest absolute Gasteiger partial charge is 0.490 e. The van der Waals surface area contributed by atoms with Crippen LogP contribution < -0.4 is 4.74 Å². The highest BCUT2D eigenvalue weighted by atomic mass is 19.2. The van der Waals surface area contributed by atoms with Crippen molar-refractivity contribution in [3.63, 3.8) is 0 Å². The van der Waals surface area contributed by atoms with Crippen LogP contribution in [0.2, 0.25) is 0 Å². The van der Waals surface area contributed by atoms with Gasteiger partial charge in [-0.1, -0.05) is 38.3 Å². The van der Waals surface area contributed by atoms with E-state index in [1.54, 1.807) is 0 Å². The van der Waals surface area contributed by atoms with E-state index in [-0.39, 0.29) is 11.3 Å². The van der Waals surface area contributed by atoms with Crippen molar-refractivity contribution in [2.75, 3.05) is 6.61 Å². The van der Waals surface area contributed by atoms with E-state index < -0.39 is 17.5 Å². The predicted molar refractivity (Wildman–Crippen MR) is 93.0 cm³/mol. The average Bonchev–Trinajstić information content (AvgIpc) is 2.64. The minimum Gasteiger partial charge on any atom is -0.490 e. The molecule has 2 aromatic carbocycles. The molecule has 0 amide bonds. The summed E-state index contributed by atoms with van der Waals surface area (Å²) in [5.41, 5.74) is 0.538. The number of rotatable bonds is 5. The molecule has 1 nitrogen and oxygen atoms in total. The van der Waals surface area contributed by atoms with Crippen molar-refractivity contribution in [2.45, 2.75) is 39.0 Å². The smallest absolute Gasteiger partial charge is 0.201 e. The second-order valence-electron chi connectivity index (χ2n) is 6.85. The third kappa shape index (κ3) is 4.17.